The first-order valence-electron chi connectivity index (χ1n) is 26.9. The minimum atomic E-state index is -0.794. The number of allylic oxidation sites excluding steroid dienone is 12. The van der Waals surface area contributed by atoms with E-state index >= 15 is 0 Å². The number of hydrogen-bond donors (Lipinski definition) is 0. The minimum Gasteiger partial charge on any atom is -0.462 e. The standard InChI is InChI=1S/C58H100O6/c1-4-7-10-13-16-19-22-25-28-31-33-36-39-42-45-48-51-57(60)63-54-55(64-58(61)52-49-46-43-40-37-34-30-27-24-21-18-15-12-9-6-3)53-62-56(59)50-47-44-41-38-35-32-29-26-23-20-17-14-11-8-5-2/h17-22,26-31,55H,4-16,23-25,32-54H2,1-3H3/b20-17+,21-18-,22-19+,29-26+,30-27-,31-28+. The SMILES string of the molecule is CCCCC/C=C\C/C=C\CCCCCCCC(=O)OC(COC(=O)CCCCCCC/C=C/C/C=C/CCCCC)COC(=O)CCCCCCC/C=C/C/C=C/CCCCCC. The van der Waals surface area contributed by atoms with Crippen LogP contribution in [0.25, 0.3) is 0 Å². The fourth-order valence-electron chi connectivity index (χ4n) is 7.30. The Kier molecular flexibility index (Phi) is 49.9. The molecule has 0 rings (SSSR count). The zero-order chi connectivity index (χ0) is 46.5. The van der Waals surface area contributed by atoms with Crippen molar-refractivity contribution in [3.8, 4) is 0 Å². The highest BCUT2D eigenvalue weighted by molar-refractivity contribution is 5.71. The van der Waals surface area contributed by atoms with Gasteiger partial charge in [0.1, 0.15) is 13.2 Å². The molecule has 0 fully saturated rings. The molecule has 1 atom stereocenters. The second kappa shape index (κ2) is 52.5. The molecule has 64 heavy (non-hydrogen) atoms. The third kappa shape index (κ3) is 49.9. The monoisotopic (exact) mass is 893 g/mol. The normalized spacial score (nSPS) is 12.6. The summed E-state index contributed by atoms with van der Waals surface area (Å²) >= 11 is 0. The van der Waals surface area contributed by atoms with Gasteiger partial charge in [0.25, 0.3) is 0 Å². The van der Waals surface area contributed by atoms with E-state index in [1.165, 1.54) is 83.5 Å². The van der Waals surface area contributed by atoms with Gasteiger partial charge in [-0.2, -0.15) is 0 Å². The molecular formula is C58H100O6. The summed E-state index contributed by atoms with van der Waals surface area (Å²) in [6.45, 7) is 6.54. The van der Waals surface area contributed by atoms with Crippen LogP contribution in [0.3, 0.4) is 0 Å². The molecule has 0 saturated heterocycles. The van der Waals surface area contributed by atoms with Gasteiger partial charge in [-0.15, -0.1) is 0 Å². The molecule has 6 nitrogen and oxygen atoms in total. The van der Waals surface area contributed by atoms with Crippen molar-refractivity contribution < 1.29 is 28.6 Å². The van der Waals surface area contributed by atoms with Crippen molar-refractivity contribution in [2.45, 2.75) is 264 Å². The number of esters is 3. The van der Waals surface area contributed by atoms with Crippen molar-refractivity contribution in [1.29, 1.82) is 0 Å². The molecule has 0 aliphatic rings. The van der Waals surface area contributed by atoms with Gasteiger partial charge in [-0.05, 0) is 116 Å². The van der Waals surface area contributed by atoms with Gasteiger partial charge in [-0.3, -0.25) is 14.4 Å². The number of rotatable bonds is 48. The molecule has 0 aromatic rings. The van der Waals surface area contributed by atoms with Gasteiger partial charge >= 0.3 is 17.9 Å². The highest BCUT2D eigenvalue weighted by Gasteiger charge is 2.19. The summed E-state index contributed by atoms with van der Waals surface area (Å²) in [5, 5.41) is 0. The molecule has 0 N–H and O–H groups in total. The zero-order valence-corrected chi connectivity index (χ0v) is 42.0. The average molecular weight is 893 g/mol. The van der Waals surface area contributed by atoms with E-state index in [1.807, 2.05) is 0 Å². The van der Waals surface area contributed by atoms with Crippen LogP contribution in [0.5, 0.6) is 0 Å². The predicted molar refractivity (Wildman–Crippen MR) is 274 cm³/mol. The number of ether oxygens (including phenoxy) is 3. The molecule has 0 aromatic heterocycles. The molecule has 0 bridgehead atoms. The van der Waals surface area contributed by atoms with Crippen LogP contribution >= 0.6 is 0 Å². The largest absolute Gasteiger partial charge is 0.462 e. The van der Waals surface area contributed by atoms with Gasteiger partial charge in [0.15, 0.2) is 6.10 Å². The second-order valence-corrected chi connectivity index (χ2v) is 17.8. The van der Waals surface area contributed by atoms with Crippen molar-refractivity contribution in [2.24, 2.45) is 0 Å². The van der Waals surface area contributed by atoms with Gasteiger partial charge in [0, 0.05) is 19.3 Å². The molecule has 0 saturated carbocycles. The zero-order valence-electron chi connectivity index (χ0n) is 42.0. The second-order valence-electron chi connectivity index (χ2n) is 17.8. The lowest BCUT2D eigenvalue weighted by atomic mass is 10.1. The Morgan fingerprint density at radius 3 is 0.891 bits per heavy atom. The Balaban J connectivity index is 4.46. The van der Waals surface area contributed by atoms with E-state index in [0.29, 0.717) is 19.3 Å². The summed E-state index contributed by atoms with van der Waals surface area (Å²) in [6, 6.07) is 0. The van der Waals surface area contributed by atoms with E-state index in [-0.39, 0.29) is 31.1 Å². The smallest absolute Gasteiger partial charge is 0.306 e. The third-order valence-corrected chi connectivity index (χ3v) is 11.4. The molecule has 0 spiro atoms. The summed E-state index contributed by atoms with van der Waals surface area (Å²) in [6.07, 6.45) is 65.9. The number of unbranched alkanes of at least 4 members (excludes halogenated alkanes) is 25. The Bertz CT molecular complexity index is 1210. The summed E-state index contributed by atoms with van der Waals surface area (Å²) in [5.41, 5.74) is 0. The maximum atomic E-state index is 12.8. The number of hydrogen-bond acceptors (Lipinski definition) is 6. The Labute approximate surface area is 395 Å². The topological polar surface area (TPSA) is 78.9 Å². The van der Waals surface area contributed by atoms with Gasteiger partial charge in [-0.1, -0.05) is 196 Å². The summed E-state index contributed by atoms with van der Waals surface area (Å²) in [7, 11) is 0. The highest BCUT2D eigenvalue weighted by atomic mass is 16.6. The lowest BCUT2D eigenvalue weighted by Gasteiger charge is -2.18. The molecule has 1 unspecified atom stereocenters. The Morgan fingerprint density at radius 1 is 0.312 bits per heavy atom. The lowest BCUT2D eigenvalue weighted by Crippen LogP contribution is -2.30. The van der Waals surface area contributed by atoms with Crippen molar-refractivity contribution in [1.82, 2.24) is 0 Å². The van der Waals surface area contributed by atoms with Gasteiger partial charge in [-0.25, -0.2) is 0 Å². The summed E-state index contributed by atoms with van der Waals surface area (Å²) in [5.74, 6) is -0.930. The van der Waals surface area contributed by atoms with E-state index in [0.717, 1.165) is 135 Å². The maximum Gasteiger partial charge on any atom is 0.306 e. The highest BCUT2D eigenvalue weighted by Crippen LogP contribution is 2.13. The van der Waals surface area contributed by atoms with Crippen LogP contribution in [0.2, 0.25) is 0 Å². The summed E-state index contributed by atoms with van der Waals surface area (Å²) in [4.78, 5) is 38.0. The first-order valence-corrected chi connectivity index (χ1v) is 26.9. The van der Waals surface area contributed by atoms with E-state index in [4.69, 9.17) is 14.2 Å². The van der Waals surface area contributed by atoms with E-state index in [2.05, 4.69) is 93.7 Å². The first-order chi connectivity index (χ1) is 31.5. The molecule has 0 amide bonds. The van der Waals surface area contributed by atoms with Crippen molar-refractivity contribution >= 4 is 17.9 Å². The van der Waals surface area contributed by atoms with E-state index in [9.17, 15) is 14.4 Å². The van der Waals surface area contributed by atoms with Crippen molar-refractivity contribution in [2.75, 3.05) is 13.2 Å². The van der Waals surface area contributed by atoms with Gasteiger partial charge < -0.3 is 14.2 Å². The molecule has 0 radical (unpaired) electrons. The molecular weight excluding hydrogens is 793 g/mol. The van der Waals surface area contributed by atoms with E-state index < -0.39 is 6.10 Å². The van der Waals surface area contributed by atoms with Crippen molar-refractivity contribution in [3.63, 3.8) is 0 Å². The lowest BCUT2D eigenvalue weighted by molar-refractivity contribution is -0.167. The van der Waals surface area contributed by atoms with Crippen LogP contribution in [0.4, 0.5) is 0 Å². The third-order valence-electron chi connectivity index (χ3n) is 11.4. The van der Waals surface area contributed by atoms with Crippen LogP contribution in [-0.2, 0) is 28.6 Å². The molecule has 0 aliphatic carbocycles. The van der Waals surface area contributed by atoms with Crippen LogP contribution in [0, 0.1) is 0 Å². The minimum absolute atomic E-state index is 0.0932. The van der Waals surface area contributed by atoms with E-state index in [1.54, 1.807) is 0 Å². The quantitative estimate of drug-likeness (QED) is 0.0262. The van der Waals surface area contributed by atoms with Crippen LogP contribution < -0.4 is 0 Å². The van der Waals surface area contributed by atoms with Crippen LogP contribution in [-0.4, -0.2) is 37.2 Å². The van der Waals surface area contributed by atoms with Crippen LogP contribution in [0.15, 0.2) is 72.9 Å². The Morgan fingerprint density at radius 2 is 0.562 bits per heavy atom. The molecule has 0 aromatic carbocycles. The summed E-state index contributed by atoms with van der Waals surface area (Å²) < 4.78 is 16.8. The average Bonchev–Trinajstić information content (AvgIpc) is 3.29. The van der Waals surface area contributed by atoms with Crippen molar-refractivity contribution in [3.05, 3.63) is 72.9 Å². The molecule has 0 aliphatic heterocycles. The van der Waals surface area contributed by atoms with Crippen LogP contribution in [0.1, 0.15) is 258 Å². The van der Waals surface area contributed by atoms with Gasteiger partial charge in [0.2, 0.25) is 0 Å². The molecule has 6 heteroatoms. The number of carbonyl (C=O) groups excluding carboxylic acids is 3. The van der Waals surface area contributed by atoms with Gasteiger partial charge in [0.05, 0.1) is 0 Å². The fraction of sp³-hybridized carbons (Fsp3) is 0.741. The maximum absolute atomic E-state index is 12.8. The fourth-order valence-corrected chi connectivity index (χ4v) is 7.30. The number of carbonyl (C=O) groups is 3. The Hall–Kier alpha value is -3.15. The first kappa shape index (κ1) is 60.9. The predicted octanol–water partition coefficient (Wildman–Crippen LogP) is 17.8. The molecule has 368 valence electrons. The molecule has 0 heterocycles.